The first-order valence-electron chi connectivity index (χ1n) is 7.42. The minimum absolute atomic E-state index is 0.295. The maximum atomic E-state index is 5.56. The monoisotopic (exact) mass is 365 g/mol. The van der Waals surface area contributed by atoms with Gasteiger partial charge in [-0.1, -0.05) is 17.2 Å². The zero-order valence-electron chi connectivity index (χ0n) is 13.5. The zero-order valence-corrected chi connectivity index (χ0v) is 15.2. The van der Waals surface area contributed by atoms with Gasteiger partial charge in [-0.15, -0.1) is 5.11 Å². The van der Waals surface area contributed by atoms with Crippen molar-refractivity contribution in [2.75, 3.05) is 25.7 Å². The van der Waals surface area contributed by atoms with Gasteiger partial charge in [-0.05, 0) is 46.8 Å². The second-order valence-electron chi connectivity index (χ2n) is 5.04. The smallest absolute Gasteiger partial charge is 0.252 e. The van der Waals surface area contributed by atoms with Gasteiger partial charge in [0.15, 0.2) is 0 Å². The maximum absolute atomic E-state index is 5.56. The summed E-state index contributed by atoms with van der Waals surface area (Å²) in [5, 5.41) is 12.3. The summed E-state index contributed by atoms with van der Waals surface area (Å²) >= 11 is 3.12. The van der Waals surface area contributed by atoms with E-state index in [0.29, 0.717) is 19.3 Å². The summed E-state index contributed by atoms with van der Waals surface area (Å²) < 4.78 is 14.5. The number of epoxide rings is 1. The molecule has 3 rings (SSSR count). The van der Waals surface area contributed by atoms with Crippen molar-refractivity contribution in [1.82, 2.24) is 7.94 Å². The molecule has 2 heterocycles. The van der Waals surface area contributed by atoms with E-state index in [0.717, 1.165) is 23.5 Å². The van der Waals surface area contributed by atoms with E-state index in [-0.39, 0.29) is 0 Å². The Morgan fingerprint density at radius 1 is 1.17 bits per heavy atom. The van der Waals surface area contributed by atoms with Crippen molar-refractivity contribution >= 4 is 29.6 Å². The van der Waals surface area contributed by atoms with Gasteiger partial charge in [-0.3, -0.25) is 7.94 Å². The molecule has 1 saturated heterocycles. The normalized spacial score (nSPS) is 16.7. The van der Waals surface area contributed by atoms with Gasteiger partial charge < -0.3 is 9.47 Å². The Kier molecular flexibility index (Phi) is 6.13. The summed E-state index contributed by atoms with van der Waals surface area (Å²) in [4.78, 5) is 0. The summed E-state index contributed by atoms with van der Waals surface area (Å²) in [6.45, 7) is 2.06. The fourth-order valence-electron chi connectivity index (χ4n) is 1.97. The molecule has 1 aromatic heterocycles. The van der Waals surface area contributed by atoms with E-state index in [1.54, 1.807) is 23.9 Å². The van der Waals surface area contributed by atoms with E-state index >= 15 is 0 Å². The van der Waals surface area contributed by atoms with Crippen molar-refractivity contribution in [3.05, 3.63) is 47.8 Å². The van der Waals surface area contributed by atoms with Crippen LogP contribution in [0.25, 0.3) is 0 Å². The lowest BCUT2D eigenvalue weighted by Crippen LogP contribution is -2.18. The molecule has 1 aliphatic rings. The first-order chi connectivity index (χ1) is 11.8. The molecule has 24 heavy (non-hydrogen) atoms. The predicted molar refractivity (Wildman–Crippen MR) is 96.2 cm³/mol. The van der Waals surface area contributed by atoms with Crippen LogP contribution in [0.1, 0.15) is 5.56 Å². The Labute approximate surface area is 149 Å². The SMILES string of the molecule is CSn1ccn(SC)c1=N/N=N/c1ccc(COCC2CO2)cc1. The van der Waals surface area contributed by atoms with Crippen LogP contribution in [0.3, 0.4) is 0 Å². The lowest BCUT2D eigenvalue weighted by Gasteiger charge is -2.02. The van der Waals surface area contributed by atoms with Crippen LogP contribution in [0.5, 0.6) is 0 Å². The highest BCUT2D eigenvalue weighted by atomic mass is 32.2. The van der Waals surface area contributed by atoms with E-state index in [1.165, 1.54) is 0 Å². The third kappa shape index (κ3) is 4.73. The average Bonchev–Trinajstić information content (AvgIpc) is 3.35. The lowest BCUT2D eigenvalue weighted by atomic mass is 10.2. The highest BCUT2D eigenvalue weighted by molar-refractivity contribution is 7.97. The lowest BCUT2D eigenvalue weighted by molar-refractivity contribution is 0.104. The molecule has 9 heteroatoms. The second-order valence-corrected chi connectivity index (χ2v) is 6.56. The first kappa shape index (κ1) is 17.3. The van der Waals surface area contributed by atoms with Crippen LogP contribution in [0.15, 0.2) is 52.1 Å². The van der Waals surface area contributed by atoms with Crippen molar-refractivity contribution in [3.63, 3.8) is 0 Å². The molecule has 1 unspecified atom stereocenters. The molecule has 2 aromatic rings. The van der Waals surface area contributed by atoms with Gasteiger partial charge in [0.2, 0.25) is 0 Å². The number of rotatable bonds is 8. The van der Waals surface area contributed by atoms with Crippen LogP contribution >= 0.6 is 23.9 Å². The topological polar surface area (TPSA) is 68.7 Å². The maximum Gasteiger partial charge on any atom is 0.252 e. The zero-order chi connectivity index (χ0) is 16.8. The van der Waals surface area contributed by atoms with E-state index in [9.17, 15) is 0 Å². The second kappa shape index (κ2) is 8.52. The Morgan fingerprint density at radius 3 is 2.42 bits per heavy atom. The van der Waals surface area contributed by atoms with E-state index in [1.807, 2.05) is 57.1 Å². The number of ether oxygens (including phenoxy) is 2. The van der Waals surface area contributed by atoms with Crippen LogP contribution in [-0.4, -0.2) is 39.8 Å². The summed E-state index contributed by atoms with van der Waals surface area (Å²) in [5.41, 5.74) is 2.58. The molecule has 0 bridgehead atoms. The number of hydrogen-bond acceptors (Lipinski definition) is 6. The van der Waals surface area contributed by atoms with Crippen molar-refractivity contribution in [1.29, 1.82) is 0 Å². The average molecular weight is 365 g/mol. The molecule has 0 saturated carbocycles. The van der Waals surface area contributed by atoms with Crippen LogP contribution in [0, 0.1) is 0 Å². The molecule has 1 aromatic carbocycles. The number of nitrogens with zero attached hydrogens (tertiary/aromatic N) is 5. The Morgan fingerprint density at radius 2 is 1.83 bits per heavy atom. The number of aromatic nitrogens is 2. The van der Waals surface area contributed by atoms with Crippen molar-refractivity contribution in [2.24, 2.45) is 15.4 Å². The summed E-state index contributed by atoms with van der Waals surface area (Å²) in [6.07, 6.45) is 8.14. The minimum atomic E-state index is 0.295. The van der Waals surface area contributed by atoms with Gasteiger partial charge in [-0.25, -0.2) is 0 Å². The molecule has 0 N–H and O–H groups in total. The summed E-state index contributed by atoms with van der Waals surface area (Å²) in [5.74, 6) is 0. The third-order valence-electron chi connectivity index (χ3n) is 3.33. The van der Waals surface area contributed by atoms with Crippen molar-refractivity contribution in [2.45, 2.75) is 12.7 Å². The fraction of sp³-hybridized carbons (Fsp3) is 0.400. The van der Waals surface area contributed by atoms with Crippen molar-refractivity contribution < 1.29 is 9.47 Å². The molecule has 1 atom stereocenters. The van der Waals surface area contributed by atoms with Gasteiger partial charge in [0.1, 0.15) is 6.10 Å². The fourth-order valence-corrected chi connectivity index (χ4v) is 2.95. The minimum Gasteiger partial charge on any atom is -0.374 e. The molecule has 1 fully saturated rings. The Hall–Kier alpha value is -1.55. The molecule has 0 amide bonds. The summed E-state index contributed by atoms with van der Waals surface area (Å²) in [6, 6.07) is 7.77. The number of hydrogen-bond donors (Lipinski definition) is 0. The van der Waals surface area contributed by atoms with E-state index in [2.05, 4.69) is 15.4 Å². The first-order valence-corrected chi connectivity index (χ1v) is 9.78. The molecule has 7 nitrogen and oxygen atoms in total. The highest BCUT2D eigenvalue weighted by Crippen LogP contribution is 2.15. The number of imidazole rings is 1. The molecule has 128 valence electrons. The van der Waals surface area contributed by atoms with E-state index in [4.69, 9.17) is 9.47 Å². The van der Waals surface area contributed by atoms with Crippen LogP contribution in [0.4, 0.5) is 5.69 Å². The van der Waals surface area contributed by atoms with Crippen LogP contribution in [0.2, 0.25) is 0 Å². The molecule has 0 radical (unpaired) electrons. The third-order valence-corrected chi connectivity index (χ3v) is 4.69. The summed E-state index contributed by atoms with van der Waals surface area (Å²) in [7, 11) is 0. The van der Waals surface area contributed by atoms with Crippen molar-refractivity contribution in [3.8, 4) is 0 Å². The molecular weight excluding hydrogens is 346 g/mol. The molecule has 0 aliphatic carbocycles. The van der Waals surface area contributed by atoms with E-state index < -0.39 is 0 Å². The van der Waals surface area contributed by atoms with Gasteiger partial charge >= 0.3 is 0 Å². The molecular formula is C15H19N5O2S2. The highest BCUT2D eigenvalue weighted by Gasteiger charge is 2.22. The van der Waals surface area contributed by atoms with Gasteiger partial charge in [0, 0.05) is 24.9 Å². The van der Waals surface area contributed by atoms with Crippen LogP contribution in [-0.2, 0) is 16.1 Å². The Balaban J connectivity index is 1.61. The standard InChI is InChI=1S/C15H19N5O2S2/c1-23-19-7-8-20(24-2)15(19)17-18-16-13-5-3-12(4-6-13)9-21-10-14-11-22-14/h3-8,14H,9-11H2,1-2H3/b18-16+. The predicted octanol–water partition coefficient (Wildman–Crippen LogP) is 3.06. The van der Waals surface area contributed by atoms with Gasteiger partial charge in [-0.2, -0.15) is 0 Å². The number of benzene rings is 1. The largest absolute Gasteiger partial charge is 0.374 e. The molecule has 1 aliphatic heterocycles. The quantitative estimate of drug-likeness (QED) is 0.410. The van der Waals surface area contributed by atoms with Gasteiger partial charge in [0.05, 0.1) is 25.5 Å². The van der Waals surface area contributed by atoms with Gasteiger partial charge in [0.25, 0.3) is 5.62 Å². The molecule has 0 spiro atoms. The van der Waals surface area contributed by atoms with Crippen LogP contribution < -0.4 is 5.62 Å². The Bertz CT molecular complexity index is 725.